The molecule has 5 aromatic carbocycles. The first kappa shape index (κ1) is 54.9. The molecular formula is C48H34O33. The third kappa shape index (κ3) is 8.53. The molecule has 19 N–H and O–H groups in total. The number of carbonyl (C=O) groups excluding carboxylic acids is 6. The molecule has 9 rings (SSSR count). The van der Waals surface area contributed by atoms with Crippen molar-refractivity contribution in [3.8, 4) is 103 Å². The number of carbonyl (C=O) groups is 7. The Hall–Kier alpha value is -10.9. The number of phenolic OH excluding ortho intramolecular Hbond substituents is 14. The molecule has 4 bridgehead atoms. The maximum atomic E-state index is 15.2. The first-order valence-corrected chi connectivity index (χ1v) is 22.2. The number of hydrogen-bond donors (Lipinski definition) is 19. The topological polar surface area (TPSA) is 568 Å². The average molecular weight is 1140 g/mol. The van der Waals surface area contributed by atoms with Crippen LogP contribution in [0.4, 0.5) is 0 Å². The van der Waals surface area contributed by atoms with Crippen LogP contribution in [0, 0.1) is 0 Å². The largest absolute Gasteiger partial charge is 0.504 e. The van der Waals surface area contributed by atoms with Crippen molar-refractivity contribution in [2.24, 2.45) is 0 Å². The van der Waals surface area contributed by atoms with E-state index in [0.29, 0.717) is 24.3 Å². The molecule has 0 spiro atoms. The number of ether oxygens (including phenoxy) is 7. The van der Waals surface area contributed by atoms with Gasteiger partial charge in [0.1, 0.15) is 18.3 Å². The quantitative estimate of drug-likeness (QED) is 0.0439. The number of benzene rings is 5. The number of aliphatic hydroxyl groups is 4. The van der Waals surface area contributed by atoms with Gasteiger partial charge in [-0.1, -0.05) is 0 Å². The molecule has 0 aromatic heterocycles. The molecule has 6 unspecified atom stereocenters. The molecule has 1 saturated heterocycles. The van der Waals surface area contributed by atoms with Crippen molar-refractivity contribution < 1.29 is 164 Å². The van der Waals surface area contributed by atoms with Crippen LogP contribution in [0.15, 0.2) is 48.0 Å². The van der Waals surface area contributed by atoms with E-state index in [-0.39, 0.29) is 18.2 Å². The Labute approximate surface area is 444 Å². The van der Waals surface area contributed by atoms with Gasteiger partial charge in [-0.15, -0.1) is 0 Å². The van der Waals surface area contributed by atoms with Crippen LogP contribution in [0.2, 0.25) is 0 Å². The van der Waals surface area contributed by atoms with Gasteiger partial charge in [0, 0.05) is 28.8 Å². The molecule has 5 aromatic rings. The molecule has 0 amide bonds. The summed E-state index contributed by atoms with van der Waals surface area (Å²) < 4.78 is 39.1. The van der Waals surface area contributed by atoms with E-state index < -0.39 is 238 Å². The van der Waals surface area contributed by atoms with E-state index in [4.69, 9.17) is 33.2 Å². The van der Waals surface area contributed by atoms with Gasteiger partial charge in [-0.2, -0.15) is 0 Å². The molecule has 424 valence electrons. The van der Waals surface area contributed by atoms with E-state index in [9.17, 15) is 126 Å². The smallest absolute Gasteiger partial charge is 0.340 e. The Bertz CT molecular complexity index is 3680. The average Bonchev–Trinajstić information content (AvgIpc) is 2.49. The maximum Gasteiger partial charge on any atom is 0.340 e. The molecule has 4 aliphatic rings. The predicted molar refractivity (Wildman–Crippen MR) is 244 cm³/mol. The van der Waals surface area contributed by atoms with E-state index >= 15 is 4.79 Å². The number of carboxylic acid groups (broad SMARTS) is 1. The number of fused-ring (bicyclic) bond motifs is 6. The van der Waals surface area contributed by atoms with Crippen molar-refractivity contribution in [1.82, 2.24) is 0 Å². The second-order valence-corrected chi connectivity index (χ2v) is 17.8. The van der Waals surface area contributed by atoms with Crippen LogP contribution in [-0.4, -0.2) is 188 Å². The highest BCUT2D eigenvalue weighted by Crippen LogP contribution is 2.57. The van der Waals surface area contributed by atoms with Crippen LogP contribution < -0.4 is 4.74 Å². The SMILES string of the molecule is O=C1OC2C3COC(=O)c4cc(O)c(O)c(O)c4-c4c(cc(Oc5c(C(=O)O)cc(O)c(O)c5O)c(O)c4O)C(=O)OC2C(OC(=O)c2cc(O)c(O)c(O)c2C2C1=CC(=O)C(O)(O)C2(O)O)C(OC(=O)c1cc(O)c(O)c(O)c1)O3. The molecule has 6 atom stereocenters. The summed E-state index contributed by atoms with van der Waals surface area (Å²) >= 11 is 0. The third-order valence-electron chi connectivity index (χ3n) is 13.0. The van der Waals surface area contributed by atoms with Crippen LogP contribution >= 0.6 is 0 Å². The van der Waals surface area contributed by atoms with Crippen LogP contribution in [0.25, 0.3) is 11.1 Å². The number of esters is 5. The van der Waals surface area contributed by atoms with Crippen molar-refractivity contribution in [2.45, 2.75) is 48.2 Å². The predicted octanol–water partition coefficient (Wildman–Crippen LogP) is -0.894. The Kier molecular flexibility index (Phi) is 12.8. The van der Waals surface area contributed by atoms with Gasteiger partial charge in [0.05, 0.1) is 33.7 Å². The molecule has 81 heavy (non-hydrogen) atoms. The highest BCUT2D eigenvalue weighted by molar-refractivity contribution is 6.10. The highest BCUT2D eigenvalue weighted by Gasteiger charge is 2.65. The number of rotatable bonds is 5. The normalized spacial score (nSPS) is 21.9. The van der Waals surface area contributed by atoms with Gasteiger partial charge in [0.2, 0.25) is 52.7 Å². The van der Waals surface area contributed by atoms with E-state index in [1.165, 1.54) is 0 Å². The highest BCUT2D eigenvalue weighted by atomic mass is 16.7. The summed E-state index contributed by atoms with van der Waals surface area (Å²) in [6, 6.07) is 1.96. The van der Waals surface area contributed by atoms with Crippen molar-refractivity contribution in [1.29, 1.82) is 0 Å². The lowest BCUT2D eigenvalue weighted by molar-refractivity contribution is -0.343. The number of carboxylic acids is 1. The standard InChI is InChI=1S/C48H34O33/c49-15-1-9(2-16(50)27(15)55)41(66)81-46-39-38-37(78-45(70)13-7-22(54)47(71,72)48(73,74)26(13)25-11(43(68)80-39)4-18(52)29(57)34(25)62)21(77-46)8-75-42(67)10-3-17(51)28(56)32(60)23(10)24-12(44(69)79-38)6-20(31(59)33(24)61)76-36-14(40(64)65)5-19(53)30(58)35(36)63/h1-7,21,26,37-39,46,49-53,55-63,71-74H,8H2,(H,64,65). The Morgan fingerprint density at radius 3 is 1.65 bits per heavy atom. The zero-order chi connectivity index (χ0) is 59.5. The molecule has 33 heteroatoms. The zero-order valence-electron chi connectivity index (χ0n) is 39.4. The fourth-order valence-corrected chi connectivity index (χ4v) is 8.97. The number of phenols is 14. The zero-order valence-corrected chi connectivity index (χ0v) is 39.4. The van der Waals surface area contributed by atoms with E-state index in [0.717, 1.165) is 0 Å². The molecular weight excluding hydrogens is 1100 g/mol. The summed E-state index contributed by atoms with van der Waals surface area (Å²) in [7, 11) is 0. The second-order valence-electron chi connectivity index (χ2n) is 17.8. The van der Waals surface area contributed by atoms with Gasteiger partial charge in [-0.25, -0.2) is 28.8 Å². The Morgan fingerprint density at radius 1 is 0.531 bits per heavy atom. The molecule has 3 aliphatic heterocycles. The molecule has 1 fully saturated rings. The maximum absolute atomic E-state index is 15.2. The van der Waals surface area contributed by atoms with E-state index in [2.05, 4.69) is 0 Å². The molecule has 0 radical (unpaired) electrons. The monoisotopic (exact) mass is 1140 g/mol. The first-order chi connectivity index (χ1) is 37.8. The summed E-state index contributed by atoms with van der Waals surface area (Å²) in [6.45, 7) is -1.49. The number of cyclic esters (lactones) is 1. The number of hydrogen-bond acceptors (Lipinski definition) is 32. The minimum atomic E-state index is -4.53. The summed E-state index contributed by atoms with van der Waals surface area (Å²) in [5.74, 6) is -49.8. The lowest BCUT2D eigenvalue weighted by atomic mass is 9.72. The summed E-state index contributed by atoms with van der Waals surface area (Å²) in [6.07, 6.45) is -13.7. The van der Waals surface area contributed by atoms with E-state index in [1.54, 1.807) is 0 Å². The molecule has 1 aliphatic carbocycles. The Morgan fingerprint density at radius 2 is 1.04 bits per heavy atom. The van der Waals surface area contributed by atoms with Gasteiger partial charge in [0.25, 0.3) is 5.79 Å². The van der Waals surface area contributed by atoms with E-state index in [1.807, 2.05) is 0 Å². The van der Waals surface area contributed by atoms with Gasteiger partial charge in [0.15, 0.2) is 75.5 Å². The van der Waals surface area contributed by atoms with Crippen molar-refractivity contribution in [3.63, 3.8) is 0 Å². The minimum Gasteiger partial charge on any atom is -0.504 e. The lowest BCUT2D eigenvalue weighted by Crippen LogP contribution is -2.65. The van der Waals surface area contributed by atoms with Crippen LogP contribution in [-0.2, 0) is 38.0 Å². The molecule has 33 nitrogen and oxygen atoms in total. The van der Waals surface area contributed by atoms with Crippen LogP contribution in [0.5, 0.6) is 92.0 Å². The molecule has 0 saturated carbocycles. The number of ketones is 1. The number of aromatic hydroxyl groups is 14. The van der Waals surface area contributed by atoms with Crippen molar-refractivity contribution >= 4 is 41.6 Å². The van der Waals surface area contributed by atoms with Crippen molar-refractivity contribution in [3.05, 3.63) is 81.4 Å². The second kappa shape index (κ2) is 18.9. The minimum absolute atomic E-state index is 0.0591. The van der Waals surface area contributed by atoms with Crippen LogP contribution in [0.1, 0.15) is 63.3 Å². The van der Waals surface area contributed by atoms with Gasteiger partial charge < -0.3 is 130 Å². The van der Waals surface area contributed by atoms with Gasteiger partial charge in [-0.3, -0.25) is 4.79 Å². The van der Waals surface area contributed by atoms with Crippen LogP contribution in [0.3, 0.4) is 0 Å². The fourth-order valence-electron chi connectivity index (χ4n) is 8.97. The first-order valence-electron chi connectivity index (χ1n) is 22.2. The van der Waals surface area contributed by atoms with Crippen molar-refractivity contribution in [2.75, 3.05) is 6.61 Å². The fraction of sp³-hybridized carbons (Fsp3) is 0.188. The summed E-state index contributed by atoms with van der Waals surface area (Å²) in [5.41, 5.74) is -11.9. The number of aromatic carboxylic acids is 1. The Balaban J connectivity index is 1.33. The third-order valence-corrected chi connectivity index (χ3v) is 13.0. The lowest BCUT2D eigenvalue weighted by Gasteiger charge is -2.44. The summed E-state index contributed by atoms with van der Waals surface area (Å²) in [4.78, 5) is 98.4. The summed E-state index contributed by atoms with van der Waals surface area (Å²) in [5, 5.41) is 204. The van der Waals surface area contributed by atoms with Gasteiger partial charge >= 0.3 is 35.8 Å². The molecule has 3 heterocycles. The van der Waals surface area contributed by atoms with Gasteiger partial charge in [-0.05, 0) is 30.3 Å².